The summed E-state index contributed by atoms with van der Waals surface area (Å²) in [4.78, 5) is 12.6. The van der Waals surface area contributed by atoms with Crippen LogP contribution in [-0.4, -0.2) is 20.4 Å². The smallest absolute Gasteiger partial charge is 0.271 e. The van der Waals surface area contributed by atoms with Crippen LogP contribution in [0.2, 0.25) is 0 Å². The minimum Gasteiger partial charge on any atom is -0.349 e. The number of hydrogen-bond acceptors (Lipinski definition) is 4. The second-order valence-corrected chi connectivity index (χ2v) is 10.6. The molecule has 4 rings (SSSR count). The minimum absolute atomic E-state index is 0.0991. The lowest BCUT2D eigenvalue weighted by Crippen LogP contribution is -2.40. The summed E-state index contributed by atoms with van der Waals surface area (Å²) in [6, 6.07) is 10.0. The van der Waals surface area contributed by atoms with E-state index in [1.165, 1.54) is 37.0 Å². The quantitative estimate of drug-likeness (QED) is 0.761. The number of nitrogens with one attached hydrogen (secondary N) is 2. The van der Waals surface area contributed by atoms with E-state index in [9.17, 15) is 13.2 Å². The highest BCUT2D eigenvalue weighted by atomic mass is 32.2. The third-order valence-electron chi connectivity index (χ3n) is 5.95. The number of anilines is 1. The average Bonchev–Trinajstić information content (AvgIpc) is 3.39. The second-order valence-electron chi connectivity index (χ2n) is 7.72. The van der Waals surface area contributed by atoms with E-state index in [1.54, 1.807) is 41.8 Å². The van der Waals surface area contributed by atoms with Crippen molar-refractivity contribution in [1.82, 2.24) is 5.32 Å². The van der Waals surface area contributed by atoms with Gasteiger partial charge in [-0.05, 0) is 79.7 Å². The molecule has 0 unspecified atom stereocenters. The molecule has 1 heterocycles. The molecule has 4 atom stereocenters. The fourth-order valence-corrected chi connectivity index (χ4v) is 6.67. The Labute approximate surface area is 164 Å². The van der Waals surface area contributed by atoms with E-state index < -0.39 is 10.0 Å². The molecule has 7 heteroatoms. The van der Waals surface area contributed by atoms with Gasteiger partial charge in [0.05, 0.1) is 0 Å². The standard InChI is InChI=1S/C20H24N2O3S2/c1-13(18-12-14-4-5-16(18)11-14)21-20(23)15-6-8-17(9-7-15)22-27(24,25)19-3-2-10-26-19/h2-3,6-10,13-14,16,18,22H,4-5,11-12H2,1H3,(H,21,23)/t13-,14-,16-,18-/m0/s1. The van der Waals surface area contributed by atoms with Crippen molar-refractivity contribution in [3.05, 3.63) is 47.3 Å². The number of amides is 1. The molecule has 2 aliphatic carbocycles. The van der Waals surface area contributed by atoms with E-state index in [1.807, 2.05) is 0 Å². The molecular formula is C20H24N2O3S2. The Morgan fingerprint density at radius 2 is 1.93 bits per heavy atom. The van der Waals surface area contributed by atoms with Gasteiger partial charge >= 0.3 is 0 Å². The number of thiophene rings is 1. The van der Waals surface area contributed by atoms with Gasteiger partial charge in [0.25, 0.3) is 15.9 Å². The first-order valence-corrected chi connectivity index (χ1v) is 11.8. The Hall–Kier alpha value is -1.86. The van der Waals surface area contributed by atoms with Crippen molar-refractivity contribution in [1.29, 1.82) is 0 Å². The molecule has 2 N–H and O–H groups in total. The largest absolute Gasteiger partial charge is 0.349 e. The number of rotatable bonds is 6. The summed E-state index contributed by atoms with van der Waals surface area (Å²) >= 11 is 1.17. The predicted molar refractivity (Wildman–Crippen MR) is 107 cm³/mol. The van der Waals surface area contributed by atoms with E-state index >= 15 is 0 Å². The zero-order chi connectivity index (χ0) is 19.0. The van der Waals surface area contributed by atoms with E-state index in [4.69, 9.17) is 0 Å². The van der Waals surface area contributed by atoms with Crippen LogP contribution in [0.15, 0.2) is 46.0 Å². The van der Waals surface area contributed by atoms with Crippen molar-refractivity contribution in [2.45, 2.75) is 42.9 Å². The van der Waals surface area contributed by atoms with Gasteiger partial charge in [0.2, 0.25) is 0 Å². The first kappa shape index (κ1) is 18.5. The summed E-state index contributed by atoms with van der Waals surface area (Å²) in [5.41, 5.74) is 0.991. The molecule has 2 bridgehead atoms. The molecule has 2 aliphatic rings. The normalized spacial score (nSPS) is 25.3. The zero-order valence-corrected chi connectivity index (χ0v) is 16.9. The molecule has 144 valence electrons. The summed E-state index contributed by atoms with van der Waals surface area (Å²) in [7, 11) is -3.57. The molecule has 0 aliphatic heterocycles. The lowest BCUT2D eigenvalue weighted by atomic mass is 9.84. The fraction of sp³-hybridized carbons (Fsp3) is 0.450. The zero-order valence-electron chi connectivity index (χ0n) is 15.2. The van der Waals surface area contributed by atoms with Gasteiger partial charge in [0.1, 0.15) is 4.21 Å². The highest BCUT2D eigenvalue weighted by Gasteiger charge is 2.42. The number of hydrogen-bond donors (Lipinski definition) is 2. The highest BCUT2D eigenvalue weighted by molar-refractivity contribution is 7.94. The highest BCUT2D eigenvalue weighted by Crippen LogP contribution is 2.49. The molecule has 2 aromatic rings. The Balaban J connectivity index is 1.38. The number of benzene rings is 1. The average molecular weight is 405 g/mol. The van der Waals surface area contributed by atoms with Gasteiger partial charge in [-0.1, -0.05) is 12.5 Å². The maximum Gasteiger partial charge on any atom is 0.271 e. The molecule has 0 saturated heterocycles. The van der Waals surface area contributed by atoms with Gasteiger partial charge in [0.15, 0.2) is 0 Å². The summed E-state index contributed by atoms with van der Waals surface area (Å²) in [5.74, 6) is 2.11. The molecule has 1 amide bonds. The first-order valence-electron chi connectivity index (χ1n) is 9.39. The topological polar surface area (TPSA) is 75.3 Å². The van der Waals surface area contributed by atoms with Crippen molar-refractivity contribution in [3.63, 3.8) is 0 Å². The van der Waals surface area contributed by atoms with Gasteiger partial charge in [-0.25, -0.2) is 8.42 Å². The molecule has 2 fully saturated rings. The minimum atomic E-state index is -3.57. The maximum absolute atomic E-state index is 12.6. The van der Waals surface area contributed by atoms with Crippen LogP contribution in [0.5, 0.6) is 0 Å². The maximum atomic E-state index is 12.6. The van der Waals surface area contributed by atoms with Crippen LogP contribution in [0.25, 0.3) is 0 Å². The van der Waals surface area contributed by atoms with Crippen LogP contribution in [0.4, 0.5) is 5.69 Å². The lowest BCUT2D eigenvalue weighted by molar-refractivity contribution is 0.0915. The number of sulfonamides is 1. The van der Waals surface area contributed by atoms with Crippen LogP contribution in [0.3, 0.4) is 0 Å². The summed E-state index contributed by atoms with van der Waals surface area (Å²) < 4.78 is 27.3. The van der Waals surface area contributed by atoms with Gasteiger partial charge in [-0.15, -0.1) is 11.3 Å². The predicted octanol–water partition coefficient (Wildman–Crippen LogP) is 4.10. The molecule has 5 nitrogen and oxygen atoms in total. The van der Waals surface area contributed by atoms with Crippen LogP contribution >= 0.6 is 11.3 Å². The third-order valence-corrected chi connectivity index (χ3v) is 8.73. The molecule has 1 aromatic heterocycles. The first-order chi connectivity index (χ1) is 12.9. The Morgan fingerprint density at radius 3 is 2.52 bits per heavy atom. The fourth-order valence-electron chi connectivity index (χ4n) is 4.61. The van der Waals surface area contributed by atoms with Gasteiger partial charge in [-0.2, -0.15) is 0 Å². The van der Waals surface area contributed by atoms with Crippen LogP contribution in [-0.2, 0) is 10.0 Å². The molecule has 1 aromatic carbocycles. The number of fused-ring (bicyclic) bond motifs is 2. The molecule has 2 saturated carbocycles. The van der Waals surface area contributed by atoms with Gasteiger partial charge in [-0.3, -0.25) is 9.52 Å². The molecule has 27 heavy (non-hydrogen) atoms. The van der Waals surface area contributed by atoms with E-state index in [-0.39, 0.29) is 16.2 Å². The van der Waals surface area contributed by atoms with Gasteiger partial charge < -0.3 is 5.32 Å². The number of carbonyl (C=O) groups excluding carboxylic acids is 1. The SMILES string of the molecule is C[C@H](NC(=O)c1ccc(NS(=O)(=O)c2cccs2)cc1)[C@@H]1C[C@H]2CC[C@H]1C2. The van der Waals surface area contributed by atoms with Crippen LogP contribution < -0.4 is 10.0 Å². The molecule has 0 spiro atoms. The van der Waals surface area contributed by atoms with Crippen molar-refractivity contribution in [3.8, 4) is 0 Å². The van der Waals surface area contributed by atoms with Crippen molar-refractivity contribution < 1.29 is 13.2 Å². The van der Waals surface area contributed by atoms with Crippen molar-refractivity contribution in [2.24, 2.45) is 17.8 Å². The van der Waals surface area contributed by atoms with Crippen molar-refractivity contribution >= 4 is 33.0 Å². The Morgan fingerprint density at radius 1 is 1.15 bits per heavy atom. The molecular weight excluding hydrogens is 380 g/mol. The Kier molecular flexibility index (Phi) is 4.99. The second kappa shape index (κ2) is 7.28. The lowest BCUT2D eigenvalue weighted by Gasteiger charge is -2.28. The van der Waals surface area contributed by atoms with Crippen molar-refractivity contribution in [2.75, 3.05) is 4.72 Å². The molecule has 0 radical (unpaired) electrons. The monoisotopic (exact) mass is 404 g/mol. The van der Waals surface area contributed by atoms with Crippen LogP contribution in [0.1, 0.15) is 43.0 Å². The van der Waals surface area contributed by atoms with E-state index in [0.29, 0.717) is 17.2 Å². The third kappa shape index (κ3) is 3.89. The summed E-state index contributed by atoms with van der Waals surface area (Å²) in [6.07, 6.45) is 5.21. The van der Waals surface area contributed by atoms with Gasteiger partial charge in [0, 0.05) is 17.3 Å². The number of carbonyl (C=O) groups is 1. The Bertz CT molecular complexity index is 907. The summed E-state index contributed by atoms with van der Waals surface area (Å²) in [5, 5.41) is 4.86. The summed E-state index contributed by atoms with van der Waals surface area (Å²) in [6.45, 7) is 2.10. The van der Waals surface area contributed by atoms with E-state index in [2.05, 4.69) is 17.0 Å². The van der Waals surface area contributed by atoms with E-state index in [0.717, 1.165) is 11.8 Å². The van der Waals surface area contributed by atoms with Crippen LogP contribution in [0, 0.1) is 17.8 Å².